The first-order chi connectivity index (χ1) is 13.6. The number of rotatable bonds is 6. The van der Waals surface area contributed by atoms with Crippen molar-refractivity contribution in [3.05, 3.63) is 64.6 Å². The molecule has 28 heavy (non-hydrogen) atoms. The summed E-state index contributed by atoms with van der Waals surface area (Å²) in [5.41, 5.74) is 2.63. The van der Waals surface area contributed by atoms with E-state index >= 15 is 0 Å². The zero-order valence-corrected chi connectivity index (χ0v) is 17.0. The summed E-state index contributed by atoms with van der Waals surface area (Å²) in [6.07, 6.45) is 1.01. The van der Waals surface area contributed by atoms with Crippen LogP contribution in [0.2, 0.25) is 0 Å². The zero-order valence-electron chi connectivity index (χ0n) is 16.2. The highest BCUT2D eigenvalue weighted by atomic mass is 32.1. The number of amides is 1. The van der Waals surface area contributed by atoms with E-state index in [-0.39, 0.29) is 12.3 Å². The van der Waals surface area contributed by atoms with Crippen LogP contribution in [-0.2, 0) is 24.2 Å². The summed E-state index contributed by atoms with van der Waals surface area (Å²) in [5.74, 6) is 2.19. The summed E-state index contributed by atoms with van der Waals surface area (Å²) < 4.78 is 11.7. The lowest BCUT2D eigenvalue weighted by molar-refractivity contribution is -0.129. The second kappa shape index (κ2) is 7.64. The molecule has 3 aromatic heterocycles. The molecule has 0 bridgehead atoms. The van der Waals surface area contributed by atoms with Crippen molar-refractivity contribution in [1.82, 2.24) is 9.88 Å². The molecule has 0 saturated carbocycles. The first kappa shape index (κ1) is 18.5. The number of benzene rings is 1. The molecule has 0 unspecified atom stereocenters. The molecule has 6 heteroatoms. The Balaban J connectivity index is 1.52. The third-order valence-electron chi connectivity index (χ3n) is 4.87. The number of aromatic nitrogens is 1. The van der Waals surface area contributed by atoms with Gasteiger partial charge in [-0.05, 0) is 24.4 Å². The van der Waals surface area contributed by atoms with Crippen LogP contribution in [-0.4, -0.2) is 22.8 Å². The molecule has 0 N–H and O–H groups in total. The van der Waals surface area contributed by atoms with E-state index in [1.165, 1.54) is 0 Å². The standard InChI is InChI=1S/C22H22N2O3S/c1-4-18-16(15-8-5-6-9-19(15)27-18)13-24(3)21(25)12-17-14(2)26-22(23-17)20-10-7-11-28-20/h5-11H,4,12-13H2,1-3H3. The fourth-order valence-electron chi connectivity index (χ4n) is 3.31. The van der Waals surface area contributed by atoms with Crippen molar-refractivity contribution in [3.63, 3.8) is 0 Å². The predicted molar refractivity (Wildman–Crippen MR) is 110 cm³/mol. The number of fused-ring (bicyclic) bond motifs is 1. The van der Waals surface area contributed by atoms with Gasteiger partial charge in [0.2, 0.25) is 11.8 Å². The van der Waals surface area contributed by atoms with E-state index in [0.29, 0.717) is 23.9 Å². The van der Waals surface area contributed by atoms with Crippen LogP contribution in [0, 0.1) is 6.92 Å². The third kappa shape index (κ3) is 3.47. The molecule has 0 saturated heterocycles. The molecule has 0 aliphatic carbocycles. The maximum absolute atomic E-state index is 12.8. The predicted octanol–water partition coefficient (Wildman–Crippen LogP) is 5.22. The van der Waals surface area contributed by atoms with Crippen LogP contribution in [0.3, 0.4) is 0 Å². The lowest BCUT2D eigenvalue weighted by Crippen LogP contribution is -2.28. The summed E-state index contributed by atoms with van der Waals surface area (Å²) in [5, 5.41) is 3.05. The topological polar surface area (TPSA) is 59.5 Å². The van der Waals surface area contributed by atoms with Gasteiger partial charge < -0.3 is 13.7 Å². The molecule has 4 rings (SSSR count). The summed E-state index contributed by atoms with van der Waals surface area (Å²) in [6.45, 7) is 4.42. The van der Waals surface area contributed by atoms with Gasteiger partial charge in [0.1, 0.15) is 17.1 Å². The summed E-state index contributed by atoms with van der Waals surface area (Å²) in [6, 6.07) is 11.9. The average Bonchev–Trinajstić information content (AvgIpc) is 3.41. The van der Waals surface area contributed by atoms with Crippen molar-refractivity contribution in [2.75, 3.05) is 7.05 Å². The van der Waals surface area contributed by atoms with Crippen LogP contribution in [0.5, 0.6) is 0 Å². The molecule has 1 amide bonds. The molecule has 0 atom stereocenters. The van der Waals surface area contributed by atoms with Crippen LogP contribution < -0.4 is 0 Å². The second-order valence-electron chi connectivity index (χ2n) is 6.78. The Morgan fingerprint density at radius 1 is 1.18 bits per heavy atom. The Bertz CT molecular complexity index is 1110. The van der Waals surface area contributed by atoms with Gasteiger partial charge in [-0.15, -0.1) is 11.3 Å². The third-order valence-corrected chi connectivity index (χ3v) is 5.73. The number of thiophene rings is 1. The number of carbonyl (C=O) groups excluding carboxylic acids is 1. The van der Waals surface area contributed by atoms with E-state index < -0.39 is 0 Å². The normalized spacial score (nSPS) is 11.2. The number of oxazole rings is 1. The molecule has 144 valence electrons. The van der Waals surface area contributed by atoms with Crippen molar-refractivity contribution in [2.45, 2.75) is 33.2 Å². The van der Waals surface area contributed by atoms with Crippen molar-refractivity contribution in [1.29, 1.82) is 0 Å². The molecular weight excluding hydrogens is 372 g/mol. The Hall–Kier alpha value is -2.86. The first-order valence-electron chi connectivity index (χ1n) is 9.30. The van der Waals surface area contributed by atoms with Gasteiger partial charge >= 0.3 is 0 Å². The van der Waals surface area contributed by atoms with Gasteiger partial charge in [-0.1, -0.05) is 31.2 Å². The van der Waals surface area contributed by atoms with E-state index in [1.807, 2.05) is 55.7 Å². The second-order valence-corrected chi connectivity index (χ2v) is 7.73. The molecule has 3 heterocycles. The van der Waals surface area contributed by atoms with Gasteiger partial charge in [0.15, 0.2) is 0 Å². The lowest BCUT2D eigenvalue weighted by Gasteiger charge is -2.17. The SMILES string of the molecule is CCc1oc2ccccc2c1CN(C)C(=O)Cc1nc(-c2cccs2)oc1C. The first-order valence-corrected chi connectivity index (χ1v) is 10.2. The van der Waals surface area contributed by atoms with Crippen LogP contribution in [0.4, 0.5) is 0 Å². The van der Waals surface area contributed by atoms with Crippen LogP contribution in [0.15, 0.2) is 50.6 Å². The highest BCUT2D eigenvalue weighted by Crippen LogP contribution is 2.28. The highest BCUT2D eigenvalue weighted by Gasteiger charge is 2.20. The number of nitrogens with zero attached hydrogens (tertiary/aromatic N) is 2. The summed E-state index contributed by atoms with van der Waals surface area (Å²) in [4.78, 5) is 20.1. The summed E-state index contributed by atoms with van der Waals surface area (Å²) in [7, 11) is 1.82. The van der Waals surface area contributed by atoms with Crippen LogP contribution >= 0.6 is 11.3 Å². The van der Waals surface area contributed by atoms with Gasteiger partial charge in [-0.2, -0.15) is 0 Å². The Morgan fingerprint density at radius 3 is 2.75 bits per heavy atom. The molecule has 0 aliphatic heterocycles. The summed E-state index contributed by atoms with van der Waals surface area (Å²) >= 11 is 1.57. The Morgan fingerprint density at radius 2 is 2.00 bits per heavy atom. The minimum absolute atomic E-state index is 0.00136. The number of carbonyl (C=O) groups is 1. The largest absolute Gasteiger partial charge is 0.461 e. The fourth-order valence-corrected chi connectivity index (χ4v) is 3.96. The van der Waals surface area contributed by atoms with Gasteiger partial charge in [-0.25, -0.2) is 4.98 Å². The van der Waals surface area contributed by atoms with Gasteiger partial charge in [0.05, 0.1) is 17.0 Å². The number of furan rings is 1. The van der Waals surface area contributed by atoms with E-state index in [0.717, 1.165) is 33.6 Å². The molecular formula is C22H22N2O3S. The molecule has 0 aliphatic rings. The molecule has 0 radical (unpaired) electrons. The fraction of sp³-hybridized carbons (Fsp3) is 0.273. The van der Waals surface area contributed by atoms with E-state index in [2.05, 4.69) is 11.9 Å². The van der Waals surface area contributed by atoms with Gasteiger partial charge in [-0.3, -0.25) is 4.79 Å². The van der Waals surface area contributed by atoms with Crippen molar-refractivity contribution in [2.24, 2.45) is 0 Å². The van der Waals surface area contributed by atoms with Crippen LogP contribution in [0.1, 0.15) is 29.7 Å². The van der Waals surface area contributed by atoms with E-state index in [4.69, 9.17) is 8.83 Å². The molecule has 4 aromatic rings. The van der Waals surface area contributed by atoms with Gasteiger partial charge in [0.25, 0.3) is 0 Å². The monoisotopic (exact) mass is 394 g/mol. The molecule has 5 nitrogen and oxygen atoms in total. The number of hydrogen-bond donors (Lipinski definition) is 0. The number of para-hydroxylation sites is 1. The van der Waals surface area contributed by atoms with Crippen molar-refractivity contribution >= 4 is 28.2 Å². The maximum Gasteiger partial charge on any atom is 0.236 e. The lowest BCUT2D eigenvalue weighted by atomic mass is 10.1. The van der Waals surface area contributed by atoms with Crippen LogP contribution in [0.25, 0.3) is 21.7 Å². The molecule has 0 fully saturated rings. The van der Waals surface area contributed by atoms with Crippen molar-refractivity contribution < 1.29 is 13.6 Å². The quantitative estimate of drug-likeness (QED) is 0.450. The minimum Gasteiger partial charge on any atom is -0.461 e. The average molecular weight is 394 g/mol. The molecule has 0 spiro atoms. The minimum atomic E-state index is 0.00136. The number of aryl methyl sites for hydroxylation is 2. The Kier molecular flexibility index (Phi) is 5.05. The van der Waals surface area contributed by atoms with E-state index in [9.17, 15) is 4.79 Å². The Labute approximate surface area is 167 Å². The number of hydrogen-bond acceptors (Lipinski definition) is 5. The molecule has 1 aromatic carbocycles. The van der Waals surface area contributed by atoms with Crippen molar-refractivity contribution in [3.8, 4) is 10.8 Å². The maximum atomic E-state index is 12.8. The van der Waals surface area contributed by atoms with Gasteiger partial charge in [0, 0.05) is 31.0 Å². The zero-order chi connectivity index (χ0) is 19.7. The number of likely N-dealkylation sites (N-methyl/N-ethyl adjacent to an activating group) is 1. The smallest absolute Gasteiger partial charge is 0.236 e. The highest BCUT2D eigenvalue weighted by molar-refractivity contribution is 7.13. The van der Waals surface area contributed by atoms with E-state index in [1.54, 1.807) is 16.2 Å².